The number of nitrogens with one attached hydrogen (secondary N) is 2. The molecule has 0 atom stereocenters. The van der Waals surface area contributed by atoms with Crippen LogP contribution >= 0.6 is 0 Å². The van der Waals surface area contributed by atoms with Crippen molar-refractivity contribution in [3.8, 4) is 0 Å². The maximum Gasteiger partial charge on any atom is 0.322 e. The number of hydrogen-bond acceptors (Lipinski definition) is 5. The van der Waals surface area contributed by atoms with Crippen molar-refractivity contribution in [3.05, 3.63) is 53.1 Å². The van der Waals surface area contributed by atoms with Gasteiger partial charge in [0.05, 0.1) is 5.69 Å². The van der Waals surface area contributed by atoms with E-state index >= 15 is 0 Å². The third kappa shape index (κ3) is 4.46. The lowest BCUT2D eigenvalue weighted by molar-refractivity contribution is 0.0957. The lowest BCUT2D eigenvalue weighted by atomic mass is 10.1. The molecule has 31 heavy (non-hydrogen) atoms. The van der Waals surface area contributed by atoms with Crippen LogP contribution in [0, 0.1) is 5.95 Å². The molecule has 3 amide bonds. The van der Waals surface area contributed by atoms with Crippen LogP contribution in [-0.4, -0.2) is 66.5 Å². The van der Waals surface area contributed by atoms with Gasteiger partial charge in [-0.1, -0.05) is 12.1 Å². The van der Waals surface area contributed by atoms with Gasteiger partial charge in [0.2, 0.25) is 5.95 Å². The van der Waals surface area contributed by atoms with Gasteiger partial charge in [0.25, 0.3) is 5.91 Å². The van der Waals surface area contributed by atoms with E-state index in [0.717, 1.165) is 36.4 Å². The van der Waals surface area contributed by atoms with Gasteiger partial charge in [0, 0.05) is 58.5 Å². The number of rotatable bonds is 5. The highest BCUT2D eigenvalue weighted by molar-refractivity contribution is 5.97. The lowest BCUT2D eigenvalue weighted by Crippen LogP contribution is -2.46. The molecule has 2 aliphatic heterocycles. The Morgan fingerprint density at radius 2 is 1.97 bits per heavy atom. The molecule has 0 bridgehead atoms. The first-order valence-electron chi connectivity index (χ1n) is 10.5. The SMILES string of the molecule is CCN1Cc2ccc(CN3CCN(c4ccc(F)nc4C(=O)NC)CC3)cc2NC1=O. The Bertz CT molecular complexity index is 990. The van der Waals surface area contributed by atoms with Crippen molar-refractivity contribution in [1.29, 1.82) is 0 Å². The summed E-state index contributed by atoms with van der Waals surface area (Å²) in [5.74, 6) is -1.06. The minimum absolute atomic E-state index is 0.0550. The second kappa shape index (κ2) is 8.89. The monoisotopic (exact) mass is 426 g/mol. The average Bonchev–Trinajstić information content (AvgIpc) is 2.78. The molecule has 1 aromatic carbocycles. The van der Waals surface area contributed by atoms with Crippen molar-refractivity contribution in [1.82, 2.24) is 20.1 Å². The molecule has 2 aliphatic rings. The quantitative estimate of drug-likeness (QED) is 0.717. The van der Waals surface area contributed by atoms with E-state index in [9.17, 15) is 14.0 Å². The average molecular weight is 426 g/mol. The molecule has 3 heterocycles. The summed E-state index contributed by atoms with van der Waals surface area (Å²) in [6, 6.07) is 9.11. The Kier molecular flexibility index (Phi) is 6.03. The molecule has 2 N–H and O–H groups in total. The fourth-order valence-electron chi connectivity index (χ4n) is 4.08. The van der Waals surface area contributed by atoms with Gasteiger partial charge in [-0.2, -0.15) is 4.39 Å². The van der Waals surface area contributed by atoms with Crippen LogP contribution in [0.4, 0.5) is 20.6 Å². The summed E-state index contributed by atoms with van der Waals surface area (Å²) >= 11 is 0. The van der Waals surface area contributed by atoms with Crippen LogP contribution in [0.2, 0.25) is 0 Å². The number of anilines is 2. The summed E-state index contributed by atoms with van der Waals surface area (Å²) in [6.45, 7) is 7.10. The molecule has 0 saturated carbocycles. The first-order chi connectivity index (χ1) is 15.0. The zero-order valence-corrected chi connectivity index (χ0v) is 17.8. The van der Waals surface area contributed by atoms with Gasteiger partial charge in [-0.3, -0.25) is 9.69 Å². The smallest absolute Gasteiger partial charge is 0.322 e. The number of fused-ring (bicyclic) bond motifs is 1. The van der Waals surface area contributed by atoms with Gasteiger partial charge < -0.3 is 20.4 Å². The molecule has 0 unspecified atom stereocenters. The second-order valence-electron chi connectivity index (χ2n) is 7.78. The van der Waals surface area contributed by atoms with E-state index < -0.39 is 11.9 Å². The first-order valence-corrected chi connectivity index (χ1v) is 10.5. The van der Waals surface area contributed by atoms with Crippen molar-refractivity contribution in [2.24, 2.45) is 0 Å². The molecular weight excluding hydrogens is 399 g/mol. The maximum atomic E-state index is 13.6. The molecule has 0 spiro atoms. The number of benzene rings is 1. The van der Waals surface area contributed by atoms with E-state index in [4.69, 9.17) is 0 Å². The zero-order valence-electron chi connectivity index (χ0n) is 17.8. The van der Waals surface area contributed by atoms with Gasteiger partial charge in [-0.05, 0) is 36.2 Å². The van der Waals surface area contributed by atoms with Gasteiger partial charge >= 0.3 is 6.03 Å². The summed E-state index contributed by atoms with van der Waals surface area (Å²) in [6.07, 6.45) is 0. The van der Waals surface area contributed by atoms with Crippen molar-refractivity contribution < 1.29 is 14.0 Å². The van der Waals surface area contributed by atoms with Gasteiger partial charge in [0.1, 0.15) is 0 Å². The number of nitrogens with zero attached hydrogens (tertiary/aromatic N) is 4. The summed E-state index contributed by atoms with van der Waals surface area (Å²) in [4.78, 5) is 34.2. The number of piperazine rings is 1. The van der Waals surface area contributed by atoms with Crippen LogP contribution < -0.4 is 15.5 Å². The van der Waals surface area contributed by atoms with Gasteiger partial charge in [-0.25, -0.2) is 9.78 Å². The van der Waals surface area contributed by atoms with E-state index in [-0.39, 0.29) is 11.7 Å². The predicted molar refractivity (Wildman–Crippen MR) is 117 cm³/mol. The standard InChI is InChI=1S/C22H27FN6O2/c1-3-28-14-16-5-4-15(12-17(16)25-22(28)31)13-27-8-10-29(11-9-27)18-6-7-19(23)26-20(18)21(30)24-2/h4-7,12H,3,8-11,13-14H2,1-2H3,(H,24,30)(H,25,31). The highest BCUT2D eigenvalue weighted by Gasteiger charge is 2.24. The number of hydrogen-bond donors (Lipinski definition) is 2. The molecule has 0 radical (unpaired) electrons. The second-order valence-corrected chi connectivity index (χ2v) is 7.78. The predicted octanol–water partition coefficient (Wildman–Crippen LogP) is 2.27. The van der Waals surface area contributed by atoms with Crippen molar-refractivity contribution in [2.45, 2.75) is 20.0 Å². The highest BCUT2D eigenvalue weighted by atomic mass is 19.1. The number of halogens is 1. The van der Waals surface area contributed by atoms with Crippen LogP contribution in [0.25, 0.3) is 0 Å². The molecular formula is C22H27FN6O2. The highest BCUT2D eigenvalue weighted by Crippen LogP contribution is 2.26. The molecule has 4 rings (SSSR count). The molecule has 0 aliphatic carbocycles. The van der Waals surface area contributed by atoms with E-state index in [1.807, 2.05) is 6.92 Å². The number of amides is 3. The molecule has 2 aromatic rings. The lowest BCUT2D eigenvalue weighted by Gasteiger charge is -2.36. The van der Waals surface area contributed by atoms with E-state index in [2.05, 4.69) is 43.6 Å². The number of pyridine rings is 1. The largest absolute Gasteiger partial charge is 0.367 e. The van der Waals surface area contributed by atoms with Crippen molar-refractivity contribution >= 4 is 23.3 Å². The molecule has 1 saturated heterocycles. The van der Waals surface area contributed by atoms with Gasteiger partial charge in [0.15, 0.2) is 5.69 Å². The molecule has 164 valence electrons. The normalized spacial score (nSPS) is 16.7. The Labute approximate surface area is 181 Å². The zero-order chi connectivity index (χ0) is 22.0. The molecule has 1 aromatic heterocycles. The van der Waals surface area contributed by atoms with Gasteiger partial charge in [-0.15, -0.1) is 0 Å². The van der Waals surface area contributed by atoms with Crippen LogP contribution in [0.1, 0.15) is 28.5 Å². The minimum atomic E-state index is -0.664. The molecule has 9 heteroatoms. The van der Waals surface area contributed by atoms with Crippen LogP contribution in [0.5, 0.6) is 0 Å². The fourth-order valence-corrected chi connectivity index (χ4v) is 4.08. The third-order valence-corrected chi connectivity index (χ3v) is 5.85. The Balaban J connectivity index is 1.40. The van der Waals surface area contributed by atoms with Crippen molar-refractivity contribution in [3.63, 3.8) is 0 Å². The molecule has 8 nitrogen and oxygen atoms in total. The van der Waals surface area contributed by atoms with E-state index in [1.165, 1.54) is 13.1 Å². The number of carbonyl (C=O) groups excluding carboxylic acids is 2. The van der Waals surface area contributed by atoms with E-state index in [0.29, 0.717) is 31.9 Å². The fraction of sp³-hybridized carbons (Fsp3) is 0.409. The van der Waals surface area contributed by atoms with Crippen LogP contribution in [0.15, 0.2) is 30.3 Å². The Morgan fingerprint density at radius 3 is 2.68 bits per heavy atom. The first kappa shape index (κ1) is 21.0. The summed E-state index contributed by atoms with van der Waals surface area (Å²) in [7, 11) is 1.51. The minimum Gasteiger partial charge on any atom is -0.367 e. The summed E-state index contributed by atoms with van der Waals surface area (Å²) < 4.78 is 13.6. The maximum absolute atomic E-state index is 13.6. The Morgan fingerprint density at radius 1 is 1.19 bits per heavy atom. The van der Waals surface area contributed by atoms with Crippen LogP contribution in [-0.2, 0) is 13.1 Å². The topological polar surface area (TPSA) is 80.8 Å². The number of aromatic nitrogens is 1. The summed E-state index contributed by atoms with van der Waals surface area (Å²) in [5.41, 5.74) is 3.92. The third-order valence-electron chi connectivity index (χ3n) is 5.85. The molecule has 1 fully saturated rings. The summed E-state index contributed by atoms with van der Waals surface area (Å²) in [5, 5.41) is 5.50. The van der Waals surface area contributed by atoms with Crippen LogP contribution in [0.3, 0.4) is 0 Å². The Hall–Kier alpha value is -3.20. The van der Waals surface area contributed by atoms with Crippen molar-refractivity contribution in [2.75, 3.05) is 50.0 Å². The number of urea groups is 1. The number of carbonyl (C=O) groups is 2. The van der Waals surface area contributed by atoms with E-state index in [1.54, 1.807) is 11.0 Å².